The van der Waals surface area contributed by atoms with Crippen molar-refractivity contribution in [2.24, 2.45) is 0 Å². The summed E-state index contributed by atoms with van der Waals surface area (Å²) in [6.45, 7) is 2.76. The fourth-order valence-corrected chi connectivity index (χ4v) is 4.17. The fraction of sp³-hybridized carbons (Fsp3) is 0.318. The van der Waals surface area contributed by atoms with Gasteiger partial charge in [-0.3, -0.25) is 9.59 Å². The molecule has 2 heterocycles. The molecule has 28 heavy (non-hydrogen) atoms. The molecule has 0 bridgehead atoms. The average Bonchev–Trinajstić information content (AvgIpc) is 3.23. The second-order valence-electron chi connectivity index (χ2n) is 7.35. The Bertz CT molecular complexity index is 1040. The first kappa shape index (κ1) is 17.0. The molecular weight excluding hydrogens is 354 g/mol. The van der Waals surface area contributed by atoms with E-state index >= 15 is 0 Å². The van der Waals surface area contributed by atoms with Gasteiger partial charge in [0.1, 0.15) is 5.52 Å². The number of oxazole rings is 1. The van der Waals surface area contributed by atoms with Gasteiger partial charge in [-0.2, -0.15) is 4.98 Å². The molecule has 1 aromatic heterocycles. The molecule has 0 spiro atoms. The minimum atomic E-state index is 0.0194. The van der Waals surface area contributed by atoms with Gasteiger partial charge < -0.3 is 14.2 Å². The normalized spacial score (nSPS) is 17.1. The van der Waals surface area contributed by atoms with Crippen LogP contribution < -0.4 is 4.90 Å². The number of carbonyl (C=O) groups excluding carboxylic acids is 2. The highest BCUT2D eigenvalue weighted by Crippen LogP contribution is 2.27. The van der Waals surface area contributed by atoms with Gasteiger partial charge in [0, 0.05) is 43.7 Å². The van der Waals surface area contributed by atoms with Crippen molar-refractivity contribution in [1.82, 2.24) is 9.88 Å². The first-order valence-electron chi connectivity index (χ1n) is 9.75. The fourth-order valence-electron chi connectivity index (χ4n) is 4.17. The third-order valence-electron chi connectivity index (χ3n) is 5.65. The quantitative estimate of drug-likeness (QED) is 0.687. The topological polar surface area (TPSA) is 66.7 Å². The van der Waals surface area contributed by atoms with Gasteiger partial charge in [0.15, 0.2) is 11.4 Å². The van der Waals surface area contributed by atoms with Crippen molar-refractivity contribution < 1.29 is 14.0 Å². The second kappa shape index (κ2) is 6.78. The molecule has 1 amide bonds. The van der Waals surface area contributed by atoms with Crippen LogP contribution >= 0.6 is 0 Å². The monoisotopic (exact) mass is 375 g/mol. The molecule has 1 fully saturated rings. The molecular formula is C22H21N3O3. The lowest BCUT2D eigenvalue weighted by Gasteiger charge is -2.22. The molecule has 2 aliphatic rings. The van der Waals surface area contributed by atoms with Crippen molar-refractivity contribution in [1.29, 1.82) is 0 Å². The summed E-state index contributed by atoms with van der Waals surface area (Å²) in [6, 6.07) is 13.8. The Hall–Kier alpha value is -3.15. The highest BCUT2D eigenvalue weighted by molar-refractivity contribution is 6.05. The van der Waals surface area contributed by atoms with Crippen molar-refractivity contribution in [2.75, 3.05) is 31.1 Å². The molecule has 1 aliphatic heterocycles. The second-order valence-corrected chi connectivity index (χ2v) is 7.35. The summed E-state index contributed by atoms with van der Waals surface area (Å²) in [6.07, 6.45) is 2.02. The van der Waals surface area contributed by atoms with Crippen LogP contribution in [0.1, 0.15) is 39.1 Å². The van der Waals surface area contributed by atoms with E-state index in [9.17, 15) is 9.59 Å². The number of Topliss-reactive ketones (excluding diaryl/α,β-unsaturated/α-hetero) is 1. The number of rotatable bonds is 2. The highest BCUT2D eigenvalue weighted by atomic mass is 16.4. The molecule has 6 nitrogen and oxygen atoms in total. The Morgan fingerprint density at radius 1 is 0.964 bits per heavy atom. The standard InChI is InChI=1S/C22H21N3O3/c26-19-10-9-15-16(19)5-3-6-17(15)21(27)24-11-4-12-25(14-13-24)22-23-18-7-1-2-8-20(18)28-22/h1-3,5-8H,4,9-14H2. The van der Waals surface area contributed by atoms with Crippen molar-refractivity contribution in [2.45, 2.75) is 19.3 Å². The number of amides is 1. The zero-order valence-electron chi connectivity index (χ0n) is 15.6. The summed E-state index contributed by atoms with van der Waals surface area (Å²) in [4.78, 5) is 33.7. The third-order valence-corrected chi connectivity index (χ3v) is 5.65. The number of nitrogens with zero attached hydrogens (tertiary/aromatic N) is 3. The highest BCUT2D eigenvalue weighted by Gasteiger charge is 2.28. The Morgan fingerprint density at radius 2 is 1.86 bits per heavy atom. The maximum absolute atomic E-state index is 13.2. The molecule has 6 heteroatoms. The van der Waals surface area contributed by atoms with E-state index in [-0.39, 0.29) is 11.7 Å². The molecule has 1 aliphatic carbocycles. The SMILES string of the molecule is O=C1CCc2c1cccc2C(=O)N1CCCN(c2nc3ccccc3o2)CC1. The van der Waals surface area contributed by atoms with Crippen LogP contribution in [-0.2, 0) is 6.42 Å². The number of ketones is 1. The van der Waals surface area contributed by atoms with Gasteiger partial charge in [-0.05, 0) is 36.6 Å². The number of aromatic nitrogens is 1. The van der Waals surface area contributed by atoms with Gasteiger partial charge in [0.25, 0.3) is 11.9 Å². The molecule has 0 radical (unpaired) electrons. The minimum Gasteiger partial charge on any atom is -0.423 e. The Kier molecular flexibility index (Phi) is 4.11. The van der Waals surface area contributed by atoms with Crippen LogP contribution in [0.4, 0.5) is 6.01 Å². The van der Waals surface area contributed by atoms with Gasteiger partial charge in [-0.25, -0.2) is 0 Å². The zero-order chi connectivity index (χ0) is 19.1. The van der Waals surface area contributed by atoms with Gasteiger partial charge in [-0.1, -0.05) is 24.3 Å². The smallest absolute Gasteiger partial charge is 0.298 e. The van der Waals surface area contributed by atoms with E-state index in [1.807, 2.05) is 47.4 Å². The molecule has 0 N–H and O–H groups in total. The molecule has 0 unspecified atom stereocenters. The Balaban J connectivity index is 1.35. The Morgan fingerprint density at radius 3 is 2.75 bits per heavy atom. The minimum absolute atomic E-state index is 0.0194. The van der Waals surface area contributed by atoms with E-state index < -0.39 is 0 Å². The zero-order valence-corrected chi connectivity index (χ0v) is 15.6. The van der Waals surface area contributed by atoms with Gasteiger partial charge in [-0.15, -0.1) is 0 Å². The first-order chi connectivity index (χ1) is 13.7. The van der Waals surface area contributed by atoms with E-state index in [0.717, 1.165) is 29.6 Å². The lowest BCUT2D eigenvalue weighted by Crippen LogP contribution is -2.35. The summed E-state index contributed by atoms with van der Waals surface area (Å²) in [5.74, 6) is 0.161. The summed E-state index contributed by atoms with van der Waals surface area (Å²) >= 11 is 0. The molecule has 2 aromatic carbocycles. The lowest BCUT2D eigenvalue weighted by atomic mass is 10.0. The summed E-state index contributed by atoms with van der Waals surface area (Å²) < 4.78 is 5.89. The number of hydrogen-bond acceptors (Lipinski definition) is 5. The van der Waals surface area contributed by atoms with Crippen molar-refractivity contribution in [3.63, 3.8) is 0 Å². The van der Waals surface area contributed by atoms with Crippen LogP contribution in [0.2, 0.25) is 0 Å². The summed E-state index contributed by atoms with van der Waals surface area (Å²) in [7, 11) is 0. The van der Waals surface area contributed by atoms with Gasteiger partial charge >= 0.3 is 0 Å². The van der Waals surface area contributed by atoms with Crippen LogP contribution in [0.25, 0.3) is 11.1 Å². The number of para-hydroxylation sites is 2. The van der Waals surface area contributed by atoms with E-state index in [4.69, 9.17) is 4.42 Å². The van der Waals surface area contributed by atoms with Crippen molar-refractivity contribution in [3.8, 4) is 0 Å². The number of hydrogen-bond donors (Lipinski definition) is 0. The van der Waals surface area contributed by atoms with Crippen LogP contribution in [0, 0.1) is 0 Å². The molecule has 0 atom stereocenters. The first-order valence-corrected chi connectivity index (χ1v) is 9.75. The molecule has 0 saturated carbocycles. The number of benzene rings is 2. The number of anilines is 1. The maximum Gasteiger partial charge on any atom is 0.298 e. The predicted molar refractivity (Wildman–Crippen MR) is 106 cm³/mol. The van der Waals surface area contributed by atoms with Crippen molar-refractivity contribution in [3.05, 3.63) is 59.2 Å². The number of carbonyl (C=O) groups is 2. The molecule has 1 saturated heterocycles. The maximum atomic E-state index is 13.2. The van der Waals surface area contributed by atoms with E-state index in [1.54, 1.807) is 0 Å². The average molecular weight is 375 g/mol. The summed E-state index contributed by atoms with van der Waals surface area (Å²) in [5.41, 5.74) is 3.93. The van der Waals surface area contributed by atoms with Gasteiger partial charge in [0.2, 0.25) is 0 Å². The van der Waals surface area contributed by atoms with Crippen LogP contribution in [0.3, 0.4) is 0 Å². The van der Waals surface area contributed by atoms with Crippen molar-refractivity contribution >= 4 is 28.8 Å². The van der Waals surface area contributed by atoms with Crippen LogP contribution in [0.5, 0.6) is 0 Å². The van der Waals surface area contributed by atoms with Crippen LogP contribution in [0.15, 0.2) is 46.9 Å². The van der Waals surface area contributed by atoms with E-state index in [1.165, 1.54) is 0 Å². The predicted octanol–water partition coefficient (Wildman–Crippen LogP) is 3.31. The summed E-state index contributed by atoms with van der Waals surface area (Å²) in [5, 5.41) is 0. The van der Waals surface area contributed by atoms with Gasteiger partial charge in [0.05, 0.1) is 0 Å². The largest absolute Gasteiger partial charge is 0.423 e. The number of fused-ring (bicyclic) bond motifs is 2. The Labute approximate surface area is 162 Å². The molecule has 142 valence electrons. The van der Waals surface area contributed by atoms with E-state index in [0.29, 0.717) is 49.6 Å². The van der Waals surface area contributed by atoms with Crippen LogP contribution in [-0.4, -0.2) is 47.8 Å². The molecule has 5 rings (SSSR count). The van der Waals surface area contributed by atoms with E-state index in [2.05, 4.69) is 9.88 Å². The lowest BCUT2D eigenvalue weighted by molar-refractivity contribution is 0.0765. The molecule has 3 aromatic rings. The third kappa shape index (κ3) is 2.85.